The highest BCUT2D eigenvalue weighted by Crippen LogP contribution is 2.39. The number of nitrogens with one attached hydrogen (secondary N) is 3. The number of carbonyl (C=O) groups excluding carboxylic acids is 2. The number of likely N-dealkylation sites (N-methyl/N-ethyl adjacent to an activating group) is 1. The molecule has 2 aromatic heterocycles. The molecule has 22 heteroatoms. The highest BCUT2D eigenvalue weighted by Gasteiger charge is 2.34. The number of methoxy groups -OCH3 is 4. The summed E-state index contributed by atoms with van der Waals surface area (Å²) in [7, 11) is 8.14. The topological polar surface area (TPSA) is 193 Å². The maximum Gasteiger partial charge on any atom is 0.327 e. The number of hydrogen-bond donors (Lipinski definition) is 3. The Morgan fingerprint density at radius 2 is 0.938 bits per heavy atom. The van der Waals surface area contributed by atoms with Crippen LogP contribution in [0, 0.1) is 11.6 Å². The summed E-state index contributed by atoms with van der Waals surface area (Å²) < 4.78 is 52.4. The fourth-order valence-corrected chi connectivity index (χ4v) is 9.84. The Kier molecular flexibility index (Phi) is 17.6. The third kappa shape index (κ3) is 12.3. The van der Waals surface area contributed by atoms with Crippen molar-refractivity contribution < 1.29 is 37.3 Å². The van der Waals surface area contributed by atoms with E-state index in [1.807, 2.05) is 49.1 Å². The van der Waals surface area contributed by atoms with E-state index in [2.05, 4.69) is 20.9 Å². The number of urea groups is 2. The van der Waals surface area contributed by atoms with E-state index in [0.717, 1.165) is 13.1 Å². The second-order valence-electron chi connectivity index (χ2n) is 19.2. The fraction of sp³-hybridized carbons (Fsp3) is 0.288. The molecule has 3 N–H and O–H groups in total. The maximum atomic E-state index is 14.0. The number of amides is 4. The fourth-order valence-electron chi connectivity index (χ4n) is 9.84. The van der Waals surface area contributed by atoms with E-state index < -0.39 is 35.8 Å². The molecule has 0 bridgehead atoms. The lowest BCUT2D eigenvalue weighted by Crippen LogP contribution is -2.55. The normalized spacial score (nSPS) is 14.3. The highest BCUT2D eigenvalue weighted by atomic mass is 19.1. The molecule has 8 aromatic rings. The van der Waals surface area contributed by atoms with Crippen molar-refractivity contribution in [3.05, 3.63) is 177 Å². The largest absolute Gasteiger partial charge is 0.497 e. The average molecular weight is 1110 g/mol. The molecule has 6 aromatic carbocycles. The van der Waals surface area contributed by atoms with Gasteiger partial charge in [0.05, 0.1) is 73.7 Å². The van der Waals surface area contributed by atoms with E-state index in [1.165, 1.54) is 72.6 Å². The van der Waals surface area contributed by atoms with E-state index in [1.54, 1.807) is 90.3 Å². The van der Waals surface area contributed by atoms with Crippen LogP contribution in [0.1, 0.15) is 37.6 Å². The lowest BCUT2D eigenvalue weighted by Gasteiger charge is -2.38. The van der Waals surface area contributed by atoms with Gasteiger partial charge < -0.3 is 49.8 Å². The zero-order chi connectivity index (χ0) is 57.3. The molecule has 2 saturated heterocycles. The first-order valence-electron chi connectivity index (χ1n) is 26.3. The van der Waals surface area contributed by atoms with Crippen molar-refractivity contribution >= 4 is 56.6 Å². The Bertz CT molecular complexity index is 3650. The minimum atomic E-state index is -0.741. The number of halogens is 2. The number of ether oxygens (including phenoxy) is 4. The summed E-state index contributed by atoms with van der Waals surface area (Å²) in [5, 5.41) is 13.9. The third-order valence-electron chi connectivity index (χ3n) is 14.1. The summed E-state index contributed by atoms with van der Waals surface area (Å²) in [5.74, 6) is 1.83. The minimum Gasteiger partial charge on any atom is -0.497 e. The van der Waals surface area contributed by atoms with Gasteiger partial charge in [-0.2, -0.15) is 0 Å². The van der Waals surface area contributed by atoms with Crippen molar-refractivity contribution in [2.75, 3.05) is 118 Å². The Morgan fingerprint density at radius 1 is 0.543 bits per heavy atom. The zero-order valence-electron chi connectivity index (χ0n) is 46.1. The molecule has 4 amide bonds. The quantitative estimate of drug-likeness (QED) is 0.0945. The molecule has 2 atom stereocenters. The van der Waals surface area contributed by atoms with Crippen LogP contribution in [0.3, 0.4) is 0 Å². The number of aromatic nitrogens is 4. The number of nitrogens with zero attached hydrogens (tertiary/aromatic N) is 9. The molecule has 0 radical (unpaired) electrons. The number of fused-ring (bicyclic) bond motifs is 2. The summed E-state index contributed by atoms with van der Waals surface area (Å²) in [6.45, 7) is 8.99. The number of anilines is 4. The third-order valence-corrected chi connectivity index (χ3v) is 14.1. The number of benzene rings is 6. The number of piperazine rings is 2. The van der Waals surface area contributed by atoms with Gasteiger partial charge in [-0.25, -0.2) is 37.7 Å². The molecule has 10 rings (SSSR count). The molecule has 0 spiro atoms. The molecule has 2 aliphatic rings. The first kappa shape index (κ1) is 56.4. The van der Waals surface area contributed by atoms with Gasteiger partial charge in [-0.05, 0) is 118 Å². The van der Waals surface area contributed by atoms with Crippen LogP contribution in [-0.4, -0.2) is 124 Å². The lowest BCUT2D eigenvalue weighted by atomic mass is 10.1. The van der Waals surface area contributed by atoms with Crippen LogP contribution in [0.5, 0.6) is 23.0 Å². The minimum absolute atomic E-state index is 0.206. The number of para-hydroxylation sites is 2. The van der Waals surface area contributed by atoms with Crippen molar-refractivity contribution in [1.29, 1.82) is 0 Å². The van der Waals surface area contributed by atoms with Crippen molar-refractivity contribution in [3.63, 3.8) is 0 Å². The molecular weight excluding hydrogens is 1040 g/mol. The molecule has 422 valence electrons. The van der Waals surface area contributed by atoms with Gasteiger partial charge in [-0.1, -0.05) is 24.3 Å². The molecule has 81 heavy (non-hydrogen) atoms. The Balaban J connectivity index is 0.000000196. The molecule has 2 aliphatic heterocycles. The predicted molar refractivity (Wildman–Crippen MR) is 310 cm³/mol. The number of carbonyl (C=O) groups is 2. The van der Waals surface area contributed by atoms with Crippen LogP contribution >= 0.6 is 0 Å². The average Bonchev–Trinajstić information content (AvgIpc) is 3.60. The van der Waals surface area contributed by atoms with E-state index in [4.69, 9.17) is 28.9 Å². The van der Waals surface area contributed by atoms with Gasteiger partial charge in [0, 0.05) is 75.9 Å². The Morgan fingerprint density at radius 3 is 1.33 bits per heavy atom. The molecule has 0 saturated carbocycles. The Hall–Kier alpha value is -9.28. The first-order chi connectivity index (χ1) is 39.2. The van der Waals surface area contributed by atoms with E-state index in [9.17, 15) is 28.0 Å². The highest BCUT2D eigenvalue weighted by molar-refractivity contribution is 6.04. The van der Waals surface area contributed by atoms with Gasteiger partial charge in [-0.3, -0.25) is 19.4 Å². The van der Waals surface area contributed by atoms with Crippen LogP contribution in [0.4, 0.5) is 41.1 Å². The zero-order valence-corrected chi connectivity index (χ0v) is 46.1. The summed E-state index contributed by atoms with van der Waals surface area (Å²) in [5.41, 5.74) is 2.33. The summed E-state index contributed by atoms with van der Waals surface area (Å²) in [6, 6.07) is 33.1. The molecule has 2 fully saturated rings. The van der Waals surface area contributed by atoms with Crippen LogP contribution in [0.15, 0.2) is 143 Å². The Labute approximate surface area is 466 Å². The van der Waals surface area contributed by atoms with Gasteiger partial charge in [-0.15, -0.1) is 0 Å². The van der Waals surface area contributed by atoms with Gasteiger partial charge in [0.2, 0.25) is 0 Å². The molecule has 2 unspecified atom stereocenters. The van der Waals surface area contributed by atoms with Crippen LogP contribution in [0.25, 0.3) is 21.8 Å². The SMILES string of the molecule is COc1ccc(N(C(=O)Nc2ccc(F)cc2)C(C)c2nc3ccccc3c(=O)n2N2CCN(C)CC2)c(OC)c1.COc1ccc(N(C(=O)Nc2ccc(F)cc2)C(C)c2nc3ccccc3c(=O)n2N2CCNCC2)c(OC)c1. The monoisotopic (exact) mass is 1110 g/mol. The maximum absolute atomic E-state index is 14.0. The lowest BCUT2D eigenvalue weighted by molar-refractivity contribution is 0.253. The number of rotatable bonds is 14. The number of hydrogen-bond acceptors (Lipinski definition) is 14. The standard InChI is InChI=1S/C30H33FN6O4.C29H31FN6O4/c1-20(28-33-25-8-6-5-7-24(25)29(38)37(28)35-17-15-34(2)16-18-35)36(26-14-13-23(40-3)19-27(26)41-4)30(39)32-22-11-9-21(31)10-12-22;1-19(27-33-24-7-5-4-6-23(24)28(37)36(27)34-16-14-31-15-17-34)35(25-13-12-22(39-2)18-26(25)40-3)29(38)32-21-10-8-20(30)9-11-21/h5-14,19-20H,15-18H2,1-4H3,(H,32,39);4-13,18-19,31H,14-17H2,1-3H3,(H,32,38). The molecule has 20 nitrogen and oxygen atoms in total. The van der Waals surface area contributed by atoms with Crippen LogP contribution in [-0.2, 0) is 0 Å². The molecule has 4 heterocycles. The van der Waals surface area contributed by atoms with E-state index in [0.29, 0.717) is 118 Å². The van der Waals surface area contributed by atoms with Crippen molar-refractivity contribution in [2.45, 2.75) is 25.9 Å². The smallest absolute Gasteiger partial charge is 0.327 e. The van der Waals surface area contributed by atoms with Gasteiger partial charge in [0.25, 0.3) is 11.1 Å². The summed E-state index contributed by atoms with van der Waals surface area (Å²) in [4.78, 5) is 70.8. The summed E-state index contributed by atoms with van der Waals surface area (Å²) in [6.07, 6.45) is 0. The van der Waals surface area contributed by atoms with Gasteiger partial charge in [0.1, 0.15) is 34.6 Å². The predicted octanol–water partition coefficient (Wildman–Crippen LogP) is 8.13. The van der Waals surface area contributed by atoms with Crippen molar-refractivity contribution in [2.24, 2.45) is 0 Å². The van der Waals surface area contributed by atoms with E-state index in [-0.39, 0.29) is 11.1 Å². The van der Waals surface area contributed by atoms with E-state index >= 15 is 0 Å². The van der Waals surface area contributed by atoms with Gasteiger partial charge in [0.15, 0.2) is 11.6 Å². The summed E-state index contributed by atoms with van der Waals surface area (Å²) >= 11 is 0. The first-order valence-corrected chi connectivity index (χ1v) is 26.3. The van der Waals surface area contributed by atoms with Crippen molar-refractivity contribution in [1.82, 2.24) is 29.5 Å². The van der Waals surface area contributed by atoms with Crippen LogP contribution in [0.2, 0.25) is 0 Å². The van der Waals surface area contributed by atoms with Crippen molar-refractivity contribution in [3.8, 4) is 23.0 Å². The molecular formula is C59H64F2N12O8. The second kappa shape index (κ2) is 25.2. The van der Waals surface area contributed by atoms with Crippen LogP contribution < -0.4 is 65.8 Å². The molecule has 0 aliphatic carbocycles. The second-order valence-corrected chi connectivity index (χ2v) is 19.2. The van der Waals surface area contributed by atoms with Gasteiger partial charge >= 0.3 is 12.1 Å².